The highest BCUT2D eigenvalue weighted by Gasteiger charge is 2.55. The number of methoxy groups -OCH3 is 1. The van der Waals surface area contributed by atoms with Crippen molar-refractivity contribution in [3.63, 3.8) is 0 Å². The zero-order valence-electron chi connectivity index (χ0n) is 25.8. The SMILES string of the molecule is COC(=O)C1O[C@@H](OCC(=O)NCC2CN=C(c3ccccc3F)c3cc(Cl)ccc3N2)C(OC(C)=O)C(OC(C)=O)[C@H]1OC(C)=O. The fourth-order valence-corrected chi connectivity index (χ4v) is 5.22. The first-order chi connectivity index (χ1) is 22.4. The van der Waals surface area contributed by atoms with Gasteiger partial charge >= 0.3 is 23.9 Å². The molecule has 0 radical (unpaired) electrons. The molecule has 0 saturated carbocycles. The molecule has 0 bridgehead atoms. The molecule has 2 aliphatic heterocycles. The number of carbonyl (C=O) groups excluding carboxylic acids is 5. The molecule has 1 fully saturated rings. The number of esters is 4. The van der Waals surface area contributed by atoms with Crippen LogP contribution in [0.15, 0.2) is 47.5 Å². The van der Waals surface area contributed by atoms with Gasteiger partial charge in [0.15, 0.2) is 30.7 Å². The molecule has 4 unspecified atom stereocenters. The molecule has 2 N–H and O–H groups in total. The van der Waals surface area contributed by atoms with E-state index in [1.54, 1.807) is 36.4 Å². The van der Waals surface area contributed by atoms with Gasteiger partial charge in [-0.05, 0) is 30.3 Å². The fourth-order valence-electron chi connectivity index (χ4n) is 5.05. The maximum absolute atomic E-state index is 14.7. The van der Waals surface area contributed by atoms with Crippen molar-refractivity contribution in [1.82, 2.24) is 5.32 Å². The molecule has 1 amide bonds. The van der Waals surface area contributed by atoms with E-state index in [-0.39, 0.29) is 13.1 Å². The third-order valence-electron chi connectivity index (χ3n) is 6.95. The van der Waals surface area contributed by atoms with E-state index in [0.29, 0.717) is 27.5 Å². The van der Waals surface area contributed by atoms with Crippen molar-refractivity contribution in [2.75, 3.05) is 32.1 Å². The van der Waals surface area contributed by atoms with Crippen LogP contribution in [-0.2, 0) is 52.4 Å². The Hall–Kier alpha value is -4.60. The quantitative estimate of drug-likeness (QED) is 0.276. The number of ether oxygens (including phenoxy) is 6. The van der Waals surface area contributed by atoms with Crippen LogP contribution >= 0.6 is 11.6 Å². The topological polar surface area (TPSA) is 177 Å². The smallest absolute Gasteiger partial charge is 0.339 e. The molecule has 2 aromatic carbocycles. The number of halogens is 2. The lowest BCUT2D eigenvalue weighted by Gasteiger charge is -2.43. The Morgan fingerprint density at radius 1 is 0.957 bits per heavy atom. The first-order valence-electron chi connectivity index (χ1n) is 14.4. The molecule has 2 aromatic rings. The van der Waals surface area contributed by atoms with Crippen LogP contribution in [0.5, 0.6) is 0 Å². The van der Waals surface area contributed by atoms with Crippen LogP contribution in [0.1, 0.15) is 31.9 Å². The number of carbonyl (C=O) groups is 5. The number of fused-ring (bicyclic) bond motifs is 1. The van der Waals surface area contributed by atoms with Crippen LogP contribution in [0.3, 0.4) is 0 Å². The Kier molecular flexibility index (Phi) is 11.9. The van der Waals surface area contributed by atoms with Crippen LogP contribution in [0.4, 0.5) is 10.1 Å². The summed E-state index contributed by atoms with van der Waals surface area (Å²) >= 11 is 6.24. The van der Waals surface area contributed by atoms with Gasteiger partial charge in [-0.3, -0.25) is 24.2 Å². The standard InChI is InChI=1S/C31H33ClFN3O11/c1-15(37)44-26-27(45-16(2)38)29(46-17(3)39)31(47-28(26)30(41)42-4)43-14-24(40)34-12-19-13-35-25(20-7-5-6-8-22(20)33)21-11-18(32)9-10-23(21)36-19/h5-11,19,26-29,31,36H,12-14H2,1-4H3,(H,34,40)/t19?,26-,27?,28?,29?,31-/m1/s1. The Balaban J connectivity index is 1.48. The number of benzodiazepines with no additional fused rings is 1. The van der Waals surface area contributed by atoms with Gasteiger partial charge in [-0.1, -0.05) is 23.7 Å². The minimum absolute atomic E-state index is 0.0482. The van der Waals surface area contributed by atoms with Gasteiger partial charge in [-0.25, -0.2) is 9.18 Å². The number of anilines is 1. The highest BCUT2D eigenvalue weighted by Crippen LogP contribution is 2.31. The normalized spacial score (nSPS) is 23.5. The summed E-state index contributed by atoms with van der Waals surface area (Å²) in [5.41, 5.74) is 1.89. The summed E-state index contributed by atoms with van der Waals surface area (Å²) in [6.45, 7) is 2.71. The number of aliphatic imine (C=N–C) groups is 1. The molecule has 4 rings (SSSR count). The third-order valence-corrected chi connectivity index (χ3v) is 7.19. The number of amides is 1. The van der Waals surface area contributed by atoms with Crippen LogP contribution in [0.2, 0.25) is 5.02 Å². The minimum atomic E-state index is -1.67. The summed E-state index contributed by atoms with van der Waals surface area (Å²) in [5.74, 6) is -4.66. The first-order valence-corrected chi connectivity index (χ1v) is 14.7. The van der Waals surface area contributed by atoms with E-state index in [4.69, 9.17) is 40.0 Å². The van der Waals surface area contributed by atoms with Crippen molar-refractivity contribution < 1.29 is 56.8 Å². The number of nitrogens with zero attached hydrogens (tertiary/aromatic N) is 1. The Morgan fingerprint density at radius 3 is 2.28 bits per heavy atom. The summed E-state index contributed by atoms with van der Waals surface area (Å²) in [6.07, 6.45) is -7.98. The second-order valence-electron chi connectivity index (χ2n) is 10.5. The molecule has 2 aliphatic rings. The molecule has 14 nitrogen and oxygen atoms in total. The molecular weight excluding hydrogens is 645 g/mol. The number of hydrogen-bond acceptors (Lipinski definition) is 13. The molecular formula is C31H33ClFN3O11. The molecule has 0 aliphatic carbocycles. The van der Waals surface area contributed by atoms with Gasteiger partial charge in [0.1, 0.15) is 12.4 Å². The number of nitrogens with one attached hydrogen (secondary N) is 2. The van der Waals surface area contributed by atoms with Crippen molar-refractivity contribution in [2.24, 2.45) is 4.99 Å². The Labute approximate surface area is 273 Å². The molecule has 6 atom stereocenters. The molecule has 1 saturated heterocycles. The van der Waals surface area contributed by atoms with E-state index in [9.17, 15) is 28.4 Å². The minimum Gasteiger partial charge on any atom is -0.467 e. The van der Waals surface area contributed by atoms with Gasteiger partial charge in [0, 0.05) is 49.2 Å². The predicted molar refractivity (Wildman–Crippen MR) is 162 cm³/mol. The van der Waals surface area contributed by atoms with E-state index in [1.807, 2.05) is 0 Å². The van der Waals surface area contributed by atoms with E-state index < -0.39 is 79.0 Å². The molecule has 0 aromatic heterocycles. The summed E-state index contributed by atoms with van der Waals surface area (Å²) in [5, 5.41) is 6.42. The van der Waals surface area contributed by atoms with Crippen LogP contribution in [0, 0.1) is 5.82 Å². The Morgan fingerprint density at radius 2 is 1.62 bits per heavy atom. The molecule has 2 heterocycles. The summed E-state index contributed by atoms with van der Waals surface area (Å²) < 4.78 is 46.5. The van der Waals surface area contributed by atoms with Crippen LogP contribution < -0.4 is 10.6 Å². The van der Waals surface area contributed by atoms with E-state index >= 15 is 0 Å². The van der Waals surface area contributed by atoms with E-state index in [2.05, 4.69) is 15.6 Å². The highest BCUT2D eigenvalue weighted by molar-refractivity contribution is 6.31. The monoisotopic (exact) mass is 677 g/mol. The lowest BCUT2D eigenvalue weighted by Crippen LogP contribution is -2.64. The second kappa shape index (κ2) is 15.8. The Bertz CT molecular complexity index is 1550. The maximum Gasteiger partial charge on any atom is 0.339 e. The summed E-state index contributed by atoms with van der Waals surface area (Å²) in [6, 6.07) is 10.8. The van der Waals surface area contributed by atoms with Crippen molar-refractivity contribution in [1.29, 1.82) is 0 Å². The van der Waals surface area contributed by atoms with Crippen molar-refractivity contribution in [3.8, 4) is 0 Å². The lowest BCUT2D eigenvalue weighted by atomic mass is 9.97. The van der Waals surface area contributed by atoms with Crippen molar-refractivity contribution >= 4 is 52.8 Å². The lowest BCUT2D eigenvalue weighted by molar-refractivity contribution is -0.300. The number of rotatable bonds is 10. The fraction of sp³-hybridized carbons (Fsp3) is 0.419. The summed E-state index contributed by atoms with van der Waals surface area (Å²) in [7, 11) is 1.05. The zero-order valence-corrected chi connectivity index (χ0v) is 26.6. The number of hydrogen-bond donors (Lipinski definition) is 2. The first kappa shape index (κ1) is 35.3. The summed E-state index contributed by atoms with van der Waals surface area (Å²) in [4.78, 5) is 65.9. The van der Waals surface area contributed by atoms with Crippen LogP contribution in [-0.4, -0.2) is 99.1 Å². The second-order valence-corrected chi connectivity index (χ2v) is 10.9. The van der Waals surface area contributed by atoms with E-state index in [1.165, 1.54) is 6.07 Å². The van der Waals surface area contributed by atoms with Gasteiger partial charge in [0.05, 0.1) is 25.4 Å². The van der Waals surface area contributed by atoms with E-state index in [0.717, 1.165) is 27.9 Å². The van der Waals surface area contributed by atoms with Gasteiger partial charge in [-0.15, -0.1) is 0 Å². The average molecular weight is 678 g/mol. The van der Waals surface area contributed by atoms with Gasteiger partial charge in [0.25, 0.3) is 0 Å². The number of benzene rings is 2. The van der Waals surface area contributed by atoms with Crippen molar-refractivity contribution in [2.45, 2.75) is 57.5 Å². The van der Waals surface area contributed by atoms with Gasteiger partial charge in [0.2, 0.25) is 5.91 Å². The predicted octanol–water partition coefficient (Wildman–Crippen LogP) is 1.94. The zero-order chi connectivity index (χ0) is 34.2. The third kappa shape index (κ3) is 9.02. The highest BCUT2D eigenvalue weighted by atomic mass is 35.5. The van der Waals surface area contributed by atoms with Gasteiger partial charge in [-0.2, -0.15) is 0 Å². The molecule has 252 valence electrons. The van der Waals surface area contributed by atoms with Gasteiger partial charge < -0.3 is 39.1 Å². The van der Waals surface area contributed by atoms with Crippen LogP contribution in [0.25, 0.3) is 0 Å². The van der Waals surface area contributed by atoms with Crippen molar-refractivity contribution in [3.05, 3.63) is 64.4 Å². The maximum atomic E-state index is 14.7. The molecule has 16 heteroatoms. The molecule has 47 heavy (non-hydrogen) atoms. The average Bonchev–Trinajstić information content (AvgIpc) is 3.19. The largest absolute Gasteiger partial charge is 0.467 e. The molecule has 0 spiro atoms.